The second-order valence-corrected chi connectivity index (χ2v) is 7.55. The summed E-state index contributed by atoms with van der Waals surface area (Å²) in [7, 11) is 3.97. The van der Waals surface area contributed by atoms with Crippen LogP contribution in [0.3, 0.4) is 0 Å². The highest BCUT2D eigenvalue weighted by atomic mass is 16.5. The van der Waals surface area contributed by atoms with Gasteiger partial charge in [0.1, 0.15) is 5.76 Å². The van der Waals surface area contributed by atoms with E-state index in [-0.39, 0.29) is 0 Å². The van der Waals surface area contributed by atoms with Crippen LogP contribution in [-0.2, 0) is 11.2 Å². The highest BCUT2D eigenvalue weighted by Crippen LogP contribution is 2.39. The molecular formula is C22H28N2O. The topological polar surface area (TPSA) is 24.5 Å². The van der Waals surface area contributed by atoms with E-state index in [0.717, 1.165) is 31.7 Å². The van der Waals surface area contributed by atoms with Crippen LogP contribution in [-0.4, -0.2) is 38.2 Å². The van der Waals surface area contributed by atoms with Crippen LogP contribution < -0.4 is 5.32 Å². The number of rotatable bonds is 1. The molecule has 0 amide bonds. The van der Waals surface area contributed by atoms with Gasteiger partial charge in [-0.05, 0) is 68.0 Å². The van der Waals surface area contributed by atoms with Crippen molar-refractivity contribution in [3.63, 3.8) is 0 Å². The monoisotopic (exact) mass is 336 g/mol. The Morgan fingerprint density at radius 2 is 1.92 bits per heavy atom. The third-order valence-corrected chi connectivity index (χ3v) is 5.82. The molecule has 1 atom stereocenters. The van der Waals surface area contributed by atoms with Crippen molar-refractivity contribution in [3.8, 4) is 0 Å². The largest absolute Gasteiger partial charge is 0.495 e. The number of benzene rings is 1. The van der Waals surface area contributed by atoms with Crippen molar-refractivity contribution in [1.82, 2.24) is 10.2 Å². The first-order valence-corrected chi connectivity index (χ1v) is 9.37. The van der Waals surface area contributed by atoms with Gasteiger partial charge in [0.2, 0.25) is 0 Å². The Labute approximate surface area is 151 Å². The molecule has 0 radical (unpaired) electrons. The summed E-state index contributed by atoms with van der Waals surface area (Å²) in [5.41, 5.74) is 8.92. The average molecular weight is 336 g/mol. The van der Waals surface area contributed by atoms with Crippen LogP contribution >= 0.6 is 0 Å². The molecular weight excluding hydrogens is 308 g/mol. The standard InChI is InChI=1S/C22H28N2O/c1-15-4-7-20-17(12-15)5-6-18-13-19(25-3)14-23-22(18)21(20)16-8-10-24(2)11-9-16/h4,7,12-14,22-23H,5-6,8-11H2,1-3H3. The van der Waals surface area contributed by atoms with Crippen molar-refractivity contribution < 1.29 is 4.74 Å². The minimum atomic E-state index is 0.293. The van der Waals surface area contributed by atoms with Gasteiger partial charge in [-0.15, -0.1) is 0 Å². The van der Waals surface area contributed by atoms with Crippen LogP contribution in [0.25, 0.3) is 5.57 Å². The molecule has 3 nitrogen and oxygen atoms in total. The predicted molar refractivity (Wildman–Crippen MR) is 103 cm³/mol. The van der Waals surface area contributed by atoms with E-state index >= 15 is 0 Å². The van der Waals surface area contributed by atoms with Gasteiger partial charge in [-0.3, -0.25) is 0 Å². The number of methoxy groups -OCH3 is 1. The molecule has 0 spiro atoms. The second kappa shape index (κ2) is 6.72. The minimum absolute atomic E-state index is 0.293. The van der Waals surface area contributed by atoms with Gasteiger partial charge < -0.3 is 15.0 Å². The maximum atomic E-state index is 5.47. The number of aryl methyl sites for hydroxylation is 2. The van der Waals surface area contributed by atoms with Crippen molar-refractivity contribution in [2.45, 2.75) is 38.6 Å². The molecule has 2 heterocycles. The Bertz CT molecular complexity index is 762. The highest BCUT2D eigenvalue weighted by molar-refractivity contribution is 5.79. The zero-order valence-corrected chi connectivity index (χ0v) is 15.6. The number of nitrogens with zero attached hydrogens (tertiary/aromatic N) is 1. The summed E-state index contributed by atoms with van der Waals surface area (Å²) in [4.78, 5) is 2.44. The zero-order chi connectivity index (χ0) is 17.4. The normalized spacial score (nSPS) is 23.7. The number of hydrogen-bond donors (Lipinski definition) is 1. The molecule has 1 aromatic carbocycles. The number of likely N-dealkylation sites (tertiary alicyclic amines) is 1. The predicted octanol–water partition coefficient (Wildman–Crippen LogP) is 3.81. The first kappa shape index (κ1) is 16.5. The lowest BCUT2D eigenvalue weighted by Gasteiger charge is -2.32. The third kappa shape index (κ3) is 3.13. The van der Waals surface area contributed by atoms with E-state index < -0.39 is 0 Å². The molecule has 25 heavy (non-hydrogen) atoms. The zero-order valence-electron chi connectivity index (χ0n) is 15.6. The van der Waals surface area contributed by atoms with Crippen LogP contribution in [0.1, 0.15) is 36.0 Å². The molecule has 1 aliphatic carbocycles. The van der Waals surface area contributed by atoms with Crippen molar-refractivity contribution >= 4 is 5.57 Å². The molecule has 2 aliphatic heterocycles. The average Bonchev–Trinajstić information content (AvgIpc) is 2.78. The summed E-state index contributed by atoms with van der Waals surface area (Å²) in [5, 5.41) is 3.65. The SMILES string of the molecule is COC1=CNC2C(=C1)CCc1cc(C)ccc1C2=C1CCN(C)CC1. The Morgan fingerprint density at radius 1 is 1.12 bits per heavy atom. The molecule has 0 saturated carbocycles. The Balaban J connectivity index is 1.83. The molecule has 1 fully saturated rings. The van der Waals surface area contributed by atoms with Crippen LogP contribution in [0.5, 0.6) is 0 Å². The van der Waals surface area contributed by atoms with Crippen LogP contribution in [0, 0.1) is 6.92 Å². The van der Waals surface area contributed by atoms with Gasteiger partial charge in [0, 0.05) is 19.3 Å². The maximum Gasteiger partial charge on any atom is 0.134 e. The number of dihydropyridines is 1. The van der Waals surface area contributed by atoms with E-state index in [1.807, 2.05) is 6.20 Å². The minimum Gasteiger partial charge on any atom is -0.495 e. The summed E-state index contributed by atoms with van der Waals surface area (Å²) in [6.07, 6.45) is 8.81. The summed E-state index contributed by atoms with van der Waals surface area (Å²) in [6.45, 7) is 4.51. The Morgan fingerprint density at radius 3 is 2.68 bits per heavy atom. The molecule has 0 aromatic heterocycles. The first-order valence-electron chi connectivity index (χ1n) is 9.37. The number of allylic oxidation sites excluding steroid dienone is 1. The molecule has 1 aromatic rings. The number of hydrogen-bond acceptors (Lipinski definition) is 3. The van der Waals surface area contributed by atoms with E-state index in [1.54, 1.807) is 12.7 Å². The molecule has 1 saturated heterocycles. The Hall–Kier alpha value is -2.00. The molecule has 4 rings (SSSR count). The van der Waals surface area contributed by atoms with Gasteiger partial charge in [0.05, 0.1) is 13.2 Å². The van der Waals surface area contributed by atoms with E-state index in [9.17, 15) is 0 Å². The van der Waals surface area contributed by atoms with E-state index in [2.05, 4.69) is 48.5 Å². The fourth-order valence-electron chi connectivity index (χ4n) is 4.36. The summed E-state index contributed by atoms with van der Waals surface area (Å²) in [6, 6.07) is 7.29. The number of ether oxygens (including phenoxy) is 1. The lowest BCUT2D eigenvalue weighted by molar-refractivity contribution is 0.300. The van der Waals surface area contributed by atoms with Crippen molar-refractivity contribution in [2.75, 3.05) is 27.2 Å². The van der Waals surface area contributed by atoms with E-state index in [1.165, 1.54) is 40.7 Å². The van der Waals surface area contributed by atoms with Gasteiger partial charge in [-0.25, -0.2) is 0 Å². The molecule has 0 bridgehead atoms. The van der Waals surface area contributed by atoms with Crippen LogP contribution in [0.15, 0.2) is 47.4 Å². The van der Waals surface area contributed by atoms with Gasteiger partial charge in [0.15, 0.2) is 0 Å². The summed E-state index contributed by atoms with van der Waals surface area (Å²) < 4.78 is 5.47. The van der Waals surface area contributed by atoms with Gasteiger partial charge in [0.25, 0.3) is 0 Å². The van der Waals surface area contributed by atoms with Gasteiger partial charge >= 0.3 is 0 Å². The number of fused-ring (bicyclic) bond motifs is 2. The summed E-state index contributed by atoms with van der Waals surface area (Å²) in [5.74, 6) is 0.932. The fraction of sp³-hybridized carbons (Fsp3) is 0.455. The number of piperidine rings is 1. The molecule has 1 unspecified atom stereocenters. The smallest absolute Gasteiger partial charge is 0.134 e. The second-order valence-electron chi connectivity index (χ2n) is 7.55. The molecule has 3 aliphatic rings. The van der Waals surface area contributed by atoms with Crippen molar-refractivity contribution in [3.05, 3.63) is 64.1 Å². The quantitative estimate of drug-likeness (QED) is 0.844. The van der Waals surface area contributed by atoms with Crippen molar-refractivity contribution in [2.24, 2.45) is 0 Å². The highest BCUT2D eigenvalue weighted by Gasteiger charge is 2.30. The summed E-state index contributed by atoms with van der Waals surface area (Å²) >= 11 is 0. The number of nitrogens with one attached hydrogen (secondary N) is 1. The van der Waals surface area contributed by atoms with Crippen LogP contribution in [0.2, 0.25) is 0 Å². The fourth-order valence-corrected chi connectivity index (χ4v) is 4.36. The van der Waals surface area contributed by atoms with Crippen molar-refractivity contribution in [1.29, 1.82) is 0 Å². The van der Waals surface area contributed by atoms with Gasteiger partial charge in [-0.1, -0.05) is 29.3 Å². The van der Waals surface area contributed by atoms with Crippen LogP contribution in [0.4, 0.5) is 0 Å². The lowest BCUT2D eigenvalue weighted by Crippen LogP contribution is -2.33. The first-order chi connectivity index (χ1) is 12.2. The third-order valence-electron chi connectivity index (χ3n) is 5.82. The molecule has 132 valence electrons. The van der Waals surface area contributed by atoms with E-state index in [0.29, 0.717) is 6.04 Å². The molecule has 3 heteroatoms. The molecule has 1 N–H and O–H groups in total. The van der Waals surface area contributed by atoms with Gasteiger partial charge in [-0.2, -0.15) is 0 Å². The maximum absolute atomic E-state index is 5.47. The Kier molecular flexibility index (Phi) is 4.43. The van der Waals surface area contributed by atoms with E-state index in [4.69, 9.17) is 4.74 Å². The lowest BCUT2D eigenvalue weighted by atomic mass is 9.84.